The highest BCUT2D eigenvalue weighted by atomic mass is 15.3. The third-order valence-electron chi connectivity index (χ3n) is 6.07. The molecule has 4 nitrogen and oxygen atoms in total. The Labute approximate surface area is 187 Å². The van der Waals surface area contributed by atoms with Gasteiger partial charge in [-0.25, -0.2) is 0 Å². The van der Waals surface area contributed by atoms with Crippen LogP contribution in [0.25, 0.3) is 0 Å². The molecule has 0 spiro atoms. The summed E-state index contributed by atoms with van der Waals surface area (Å²) >= 11 is 0. The molecule has 0 saturated heterocycles. The van der Waals surface area contributed by atoms with Crippen molar-refractivity contribution in [2.45, 2.75) is 78.8 Å². The molecule has 1 aromatic carbocycles. The maximum Gasteiger partial charge on any atom is 0.0264 e. The highest BCUT2D eigenvalue weighted by Gasteiger charge is 2.24. The second kappa shape index (κ2) is 16.7. The van der Waals surface area contributed by atoms with Crippen molar-refractivity contribution in [3.63, 3.8) is 0 Å². The van der Waals surface area contributed by atoms with E-state index < -0.39 is 0 Å². The topological polar surface area (TPSA) is 35.7 Å². The predicted molar refractivity (Wildman–Crippen MR) is 133 cm³/mol. The molecule has 0 aliphatic carbocycles. The van der Waals surface area contributed by atoms with E-state index in [1.165, 1.54) is 37.9 Å². The van der Waals surface area contributed by atoms with Crippen LogP contribution in [0, 0.1) is 0 Å². The van der Waals surface area contributed by atoms with Gasteiger partial charge in [-0.1, -0.05) is 58.0 Å². The van der Waals surface area contributed by atoms with Crippen molar-refractivity contribution in [1.29, 1.82) is 0 Å². The van der Waals surface area contributed by atoms with Crippen LogP contribution in [-0.4, -0.2) is 79.1 Å². The number of hydrogen-bond acceptors (Lipinski definition) is 4. The molecule has 1 rings (SSSR count). The minimum atomic E-state index is 0.541. The SMILES string of the molecule is CCCN(CCCN)C[C@H](Cc1ccccc1)N(CCC)C[C@H](C)N(CC)CCC. The van der Waals surface area contributed by atoms with Crippen molar-refractivity contribution in [2.24, 2.45) is 5.73 Å². The molecule has 0 heterocycles. The second-order valence-electron chi connectivity index (χ2n) is 8.76. The molecule has 2 atom stereocenters. The van der Waals surface area contributed by atoms with E-state index >= 15 is 0 Å². The summed E-state index contributed by atoms with van der Waals surface area (Å²) < 4.78 is 0. The molecular weight excluding hydrogens is 368 g/mol. The van der Waals surface area contributed by atoms with Crippen LogP contribution in [0.3, 0.4) is 0 Å². The number of nitrogens with two attached hydrogens (primary N) is 1. The van der Waals surface area contributed by atoms with Crippen molar-refractivity contribution >= 4 is 0 Å². The Balaban J connectivity index is 3.02. The second-order valence-corrected chi connectivity index (χ2v) is 8.76. The summed E-state index contributed by atoms with van der Waals surface area (Å²) in [6.45, 7) is 20.5. The minimum Gasteiger partial charge on any atom is -0.330 e. The molecule has 0 bridgehead atoms. The Kier molecular flexibility index (Phi) is 15.1. The standard InChI is InChI=1S/C26H50N4/c1-6-17-28(20-13-16-27)23-26(21-25-14-11-10-12-15-25)30(19-8-3)22-24(5)29(9-4)18-7-2/h10-12,14-15,24,26H,6-9,13,16-23,27H2,1-5H3/t24-,26-/m0/s1. The van der Waals surface area contributed by atoms with E-state index in [0.717, 1.165) is 52.1 Å². The Hall–Kier alpha value is -0.940. The van der Waals surface area contributed by atoms with Gasteiger partial charge in [0.15, 0.2) is 0 Å². The van der Waals surface area contributed by atoms with Crippen molar-refractivity contribution in [3.05, 3.63) is 35.9 Å². The van der Waals surface area contributed by atoms with Crippen molar-refractivity contribution < 1.29 is 0 Å². The van der Waals surface area contributed by atoms with E-state index in [2.05, 4.69) is 79.7 Å². The van der Waals surface area contributed by atoms with E-state index in [4.69, 9.17) is 5.73 Å². The molecule has 0 fully saturated rings. The molecule has 0 amide bonds. The van der Waals surface area contributed by atoms with Crippen LogP contribution >= 0.6 is 0 Å². The monoisotopic (exact) mass is 418 g/mol. The van der Waals surface area contributed by atoms with E-state index in [1.807, 2.05) is 0 Å². The third-order valence-corrected chi connectivity index (χ3v) is 6.07. The highest BCUT2D eigenvalue weighted by molar-refractivity contribution is 5.16. The lowest BCUT2D eigenvalue weighted by Gasteiger charge is -2.39. The van der Waals surface area contributed by atoms with Crippen LogP contribution in [0.2, 0.25) is 0 Å². The first kappa shape index (κ1) is 27.1. The van der Waals surface area contributed by atoms with E-state index in [-0.39, 0.29) is 0 Å². The first-order chi connectivity index (χ1) is 14.6. The maximum absolute atomic E-state index is 5.84. The van der Waals surface area contributed by atoms with E-state index in [1.54, 1.807) is 0 Å². The Bertz CT molecular complexity index is 507. The molecule has 0 radical (unpaired) electrons. The fourth-order valence-electron chi connectivity index (χ4n) is 4.56. The quantitative estimate of drug-likeness (QED) is 0.381. The number of nitrogens with zero attached hydrogens (tertiary/aromatic N) is 3. The first-order valence-corrected chi connectivity index (χ1v) is 12.5. The molecule has 4 heteroatoms. The molecule has 0 unspecified atom stereocenters. The van der Waals surface area contributed by atoms with Crippen LogP contribution in [0.5, 0.6) is 0 Å². The summed E-state index contributed by atoms with van der Waals surface area (Å²) in [4.78, 5) is 8.07. The van der Waals surface area contributed by atoms with Gasteiger partial charge in [-0.2, -0.15) is 0 Å². The molecular formula is C26H50N4. The number of likely N-dealkylation sites (N-methyl/N-ethyl adjacent to an activating group) is 1. The lowest BCUT2D eigenvalue weighted by Crippen LogP contribution is -2.51. The zero-order valence-corrected chi connectivity index (χ0v) is 20.7. The summed E-state index contributed by atoms with van der Waals surface area (Å²) in [5, 5.41) is 0. The predicted octanol–water partition coefficient (Wildman–Crippen LogP) is 4.49. The van der Waals surface area contributed by atoms with Gasteiger partial charge in [0, 0.05) is 25.2 Å². The minimum absolute atomic E-state index is 0.541. The summed E-state index contributed by atoms with van der Waals surface area (Å²) in [6.07, 6.45) is 5.84. The zero-order chi connectivity index (χ0) is 22.2. The summed E-state index contributed by atoms with van der Waals surface area (Å²) in [7, 11) is 0. The van der Waals surface area contributed by atoms with Crippen LogP contribution in [0.1, 0.15) is 65.9 Å². The Morgan fingerprint density at radius 1 is 0.800 bits per heavy atom. The van der Waals surface area contributed by atoms with Crippen molar-refractivity contribution in [1.82, 2.24) is 14.7 Å². The van der Waals surface area contributed by atoms with Gasteiger partial charge in [0.05, 0.1) is 0 Å². The van der Waals surface area contributed by atoms with E-state index in [0.29, 0.717) is 12.1 Å². The molecule has 174 valence electrons. The fraction of sp³-hybridized carbons (Fsp3) is 0.769. The first-order valence-electron chi connectivity index (χ1n) is 12.5. The summed E-state index contributed by atoms with van der Waals surface area (Å²) in [5.74, 6) is 0. The van der Waals surface area contributed by atoms with Crippen LogP contribution in [0.4, 0.5) is 0 Å². The molecule has 0 aromatic heterocycles. The van der Waals surface area contributed by atoms with Gasteiger partial charge >= 0.3 is 0 Å². The summed E-state index contributed by atoms with van der Waals surface area (Å²) in [6, 6.07) is 12.2. The van der Waals surface area contributed by atoms with Crippen molar-refractivity contribution in [3.8, 4) is 0 Å². The molecule has 0 saturated carbocycles. The van der Waals surface area contributed by atoms with Gasteiger partial charge < -0.3 is 10.6 Å². The van der Waals surface area contributed by atoms with Gasteiger partial charge in [-0.3, -0.25) is 9.80 Å². The lowest BCUT2D eigenvalue weighted by atomic mass is 10.0. The van der Waals surface area contributed by atoms with Gasteiger partial charge in [0.25, 0.3) is 0 Å². The molecule has 1 aromatic rings. The number of benzene rings is 1. The fourth-order valence-corrected chi connectivity index (χ4v) is 4.56. The smallest absolute Gasteiger partial charge is 0.0264 e. The largest absolute Gasteiger partial charge is 0.330 e. The average molecular weight is 419 g/mol. The molecule has 0 aliphatic rings. The lowest BCUT2D eigenvalue weighted by molar-refractivity contribution is 0.0951. The third kappa shape index (κ3) is 10.4. The van der Waals surface area contributed by atoms with E-state index in [9.17, 15) is 0 Å². The zero-order valence-electron chi connectivity index (χ0n) is 20.7. The number of rotatable bonds is 18. The molecule has 2 N–H and O–H groups in total. The van der Waals surface area contributed by atoms with Gasteiger partial charge in [-0.05, 0) is 83.9 Å². The molecule has 30 heavy (non-hydrogen) atoms. The van der Waals surface area contributed by atoms with Gasteiger partial charge in [-0.15, -0.1) is 0 Å². The Morgan fingerprint density at radius 3 is 2.00 bits per heavy atom. The maximum atomic E-state index is 5.84. The van der Waals surface area contributed by atoms with Gasteiger partial charge in [0.2, 0.25) is 0 Å². The normalized spacial score (nSPS) is 14.0. The highest BCUT2D eigenvalue weighted by Crippen LogP contribution is 2.15. The van der Waals surface area contributed by atoms with Crippen LogP contribution in [0.15, 0.2) is 30.3 Å². The van der Waals surface area contributed by atoms with Crippen LogP contribution in [-0.2, 0) is 6.42 Å². The van der Waals surface area contributed by atoms with Gasteiger partial charge in [0.1, 0.15) is 0 Å². The molecule has 0 aliphatic heterocycles. The van der Waals surface area contributed by atoms with Crippen molar-refractivity contribution in [2.75, 3.05) is 52.4 Å². The summed E-state index contributed by atoms with van der Waals surface area (Å²) in [5.41, 5.74) is 7.29. The average Bonchev–Trinajstić information content (AvgIpc) is 2.75. The number of hydrogen-bond donors (Lipinski definition) is 1. The van der Waals surface area contributed by atoms with Crippen LogP contribution < -0.4 is 5.73 Å². The Morgan fingerprint density at radius 2 is 1.43 bits per heavy atom.